The van der Waals surface area contributed by atoms with E-state index in [9.17, 15) is 4.79 Å². The van der Waals surface area contributed by atoms with E-state index in [1.165, 1.54) is 6.08 Å². The average Bonchev–Trinajstić information content (AvgIpc) is 3.31. The summed E-state index contributed by atoms with van der Waals surface area (Å²) in [4.78, 5) is 12.2. The van der Waals surface area contributed by atoms with Crippen molar-refractivity contribution in [2.24, 2.45) is 0 Å². The number of anilines is 1. The van der Waals surface area contributed by atoms with Crippen LogP contribution in [0.15, 0.2) is 67.0 Å². The maximum atomic E-state index is 12.2. The number of carbonyl (C=O) groups excluding carboxylic acids is 1. The lowest BCUT2D eigenvalue weighted by atomic mass is 10.2. The van der Waals surface area contributed by atoms with E-state index in [1.54, 1.807) is 23.2 Å². The van der Waals surface area contributed by atoms with Gasteiger partial charge in [-0.25, -0.2) is 4.68 Å². The van der Waals surface area contributed by atoms with Crippen LogP contribution in [0.4, 0.5) is 5.69 Å². The summed E-state index contributed by atoms with van der Waals surface area (Å²) in [6, 6.07) is 15.6. The first-order chi connectivity index (χ1) is 12.8. The Labute approximate surface area is 149 Å². The van der Waals surface area contributed by atoms with Crippen LogP contribution >= 0.6 is 0 Å². The summed E-state index contributed by atoms with van der Waals surface area (Å²) in [6.07, 6.45) is 6.58. The summed E-state index contributed by atoms with van der Waals surface area (Å²) in [5.74, 6) is -0.246. The number of hydrogen-bond donors (Lipinski definition) is 2. The number of aromatic amines is 1. The molecule has 0 bridgehead atoms. The second kappa shape index (κ2) is 7.02. The molecule has 0 aliphatic carbocycles. The number of carbonyl (C=O) groups is 1. The van der Waals surface area contributed by atoms with Gasteiger partial charge in [0.05, 0.1) is 30.1 Å². The zero-order chi connectivity index (χ0) is 17.8. The number of H-pyrrole nitrogens is 1. The number of para-hydroxylation sites is 1. The Balaban J connectivity index is 1.41. The van der Waals surface area contributed by atoms with E-state index in [0.717, 1.165) is 16.5 Å². The Hall–Kier alpha value is -3.74. The van der Waals surface area contributed by atoms with E-state index in [4.69, 9.17) is 0 Å². The number of rotatable bonds is 5. The van der Waals surface area contributed by atoms with Gasteiger partial charge in [-0.15, -0.1) is 5.10 Å². The standard InChI is InChI=1S/C19H16N6O/c26-18(21-17-8-4-7-15-11-20-23-19(15)17)10-9-16-13-25(24-22-16)12-14-5-2-1-3-6-14/h1-11,13H,12H2,(H,20,23)(H,21,26)/b10-9+. The molecule has 0 spiro atoms. The Morgan fingerprint density at radius 2 is 2.04 bits per heavy atom. The van der Waals surface area contributed by atoms with Gasteiger partial charge in [0.15, 0.2) is 0 Å². The molecule has 0 aliphatic rings. The van der Waals surface area contributed by atoms with E-state index in [1.807, 2.05) is 48.5 Å². The molecule has 7 heteroatoms. The molecule has 0 saturated heterocycles. The van der Waals surface area contributed by atoms with Crippen LogP contribution in [0.5, 0.6) is 0 Å². The number of nitrogens with zero attached hydrogens (tertiary/aromatic N) is 4. The van der Waals surface area contributed by atoms with Gasteiger partial charge < -0.3 is 5.32 Å². The lowest BCUT2D eigenvalue weighted by molar-refractivity contribution is -0.111. The highest BCUT2D eigenvalue weighted by Gasteiger charge is 2.05. The lowest BCUT2D eigenvalue weighted by Crippen LogP contribution is -2.08. The van der Waals surface area contributed by atoms with Gasteiger partial charge in [-0.2, -0.15) is 5.10 Å². The van der Waals surface area contributed by atoms with Crippen molar-refractivity contribution >= 4 is 28.6 Å². The third-order valence-electron chi connectivity index (χ3n) is 3.88. The predicted octanol–water partition coefficient (Wildman–Crippen LogP) is 2.85. The van der Waals surface area contributed by atoms with Crippen LogP contribution in [0.1, 0.15) is 11.3 Å². The molecule has 2 heterocycles. The third kappa shape index (κ3) is 3.51. The van der Waals surface area contributed by atoms with Gasteiger partial charge in [-0.05, 0) is 17.7 Å². The van der Waals surface area contributed by atoms with Crippen molar-refractivity contribution in [1.82, 2.24) is 25.2 Å². The largest absolute Gasteiger partial charge is 0.321 e. The Kier molecular flexibility index (Phi) is 4.26. The fourth-order valence-electron chi connectivity index (χ4n) is 2.65. The highest BCUT2D eigenvalue weighted by molar-refractivity contribution is 6.06. The summed E-state index contributed by atoms with van der Waals surface area (Å²) in [6.45, 7) is 0.635. The summed E-state index contributed by atoms with van der Waals surface area (Å²) in [7, 11) is 0. The number of nitrogens with one attached hydrogen (secondary N) is 2. The van der Waals surface area contributed by atoms with Crippen LogP contribution in [-0.2, 0) is 11.3 Å². The molecular formula is C19H16N6O. The maximum absolute atomic E-state index is 12.2. The molecule has 2 aromatic heterocycles. The van der Waals surface area contributed by atoms with Crippen molar-refractivity contribution in [2.75, 3.05) is 5.32 Å². The molecule has 2 N–H and O–H groups in total. The average molecular weight is 344 g/mol. The summed E-state index contributed by atoms with van der Waals surface area (Å²) < 4.78 is 1.73. The number of benzene rings is 2. The van der Waals surface area contributed by atoms with E-state index >= 15 is 0 Å². The topological polar surface area (TPSA) is 88.5 Å². The van der Waals surface area contributed by atoms with Gasteiger partial charge >= 0.3 is 0 Å². The molecule has 0 fully saturated rings. The summed E-state index contributed by atoms with van der Waals surface area (Å²) in [5.41, 5.74) is 3.24. The Bertz CT molecular complexity index is 1060. The van der Waals surface area contributed by atoms with E-state index in [0.29, 0.717) is 17.9 Å². The zero-order valence-corrected chi connectivity index (χ0v) is 13.8. The van der Waals surface area contributed by atoms with Crippen LogP contribution in [-0.4, -0.2) is 31.1 Å². The molecule has 0 radical (unpaired) electrons. The van der Waals surface area contributed by atoms with Gasteiger partial charge in [0.1, 0.15) is 5.69 Å². The van der Waals surface area contributed by atoms with Crippen molar-refractivity contribution in [3.05, 3.63) is 78.3 Å². The maximum Gasteiger partial charge on any atom is 0.248 e. The number of fused-ring (bicyclic) bond motifs is 1. The molecule has 128 valence electrons. The minimum atomic E-state index is -0.246. The van der Waals surface area contributed by atoms with Crippen molar-refractivity contribution in [3.8, 4) is 0 Å². The summed E-state index contributed by atoms with van der Waals surface area (Å²) >= 11 is 0. The normalized spacial score (nSPS) is 11.2. The van der Waals surface area contributed by atoms with Gasteiger partial charge in [-0.3, -0.25) is 9.89 Å². The van der Waals surface area contributed by atoms with Crippen LogP contribution < -0.4 is 5.32 Å². The van der Waals surface area contributed by atoms with Crippen molar-refractivity contribution in [2.45, 2.75) is 6.54 Å². The first-order valence-electron chi connectivity index (χ1n) is 8.13. The molecule has 0 saturated carbocycles. The molecular weight excluding hydrogens is 328 g/mol. The number of aromatic nitrogens is 5. The molecule has 0 atom stereocenters. The highest BCUT2D eigenvalue weighted by atomic mass is 16.1. The van der Waals surface area contributed by atoms with Crippen molar-refractivity contribution in [3.63, 3.8) is 0 Å². The highest BCUT2D eigenvalue weighted by Crippen LogP contribution is 2.20. The van der Waals surface area contributed by atoms with Gasteiger partial charge in [0.2, 0.25) is 5.91 Å². The second-order valence-electron chi connectivity index (χ2n) is 5.79. The van der Waals surface area contributed by atoms with Crippen LogP contribution in [0.3, 0.4) is 0 Å². The van der Waals surface area contributed by atoms with Gasteiger partial charge in [0, 0.05) is 11.5 Å². The van der Waals surface area contributed by atoms with Crippen molar-refractivity contribution < 1.29 is 4.79 Å². The number of amides is 1. The van der Waals surface area contributed by atoms with E-state index in [-0.39, 0.29) is 5.91 Å². The minimum Gasteiger partial charge on any atom is -0.321 e. The molecule has 1 amide bonds. The fraction of sp³-hybridized carbons (Fsp3) is 0.0526. The molecule has 2 aromatic carbocycles. The minimum absolute atomic E-state index is 0.246. The molecule has 0 unspecified atom stereocenters. The summed E-state index contributed by atoms with van der Waals surface area (Å²) in [5, 5.41) is 18.8. The van der Waals surface area contributed by atoms with Crippen LogP contribution in [0.2, 0.25) is 0 Å². The quantitative estimate of drug-likeness (QED) is 0.545. The van der Waals surface area contributed by atoms with E-state index < -0.39 is 0 Å². The fourth-order valence-corrected chi connectivity index (χ4v) is 2.65. The predicted molar refractivity (Wildman–Crippen MR) is 99.3 cm³/mol. The molecule has 4 aromatic rings. The van der Waals surface area contributed by atoms with Crippen LogP contribution in [0.25, 0.3) is 17.0 Å². The van der Waals surface area contributed by atoms with Crippen LogP contribution in [0, 0.1) is 0 Å². The Morgan fingerprint density at radius 1 is 1.15 bits per heavy atom. The molecule has 7 nitrogen and oxygen atoms in total. The first-order valence-corrected chi connectivity index (χ1v) is 8.13. The Morgan fingerprint density at radius 3 is 2.92 bits per heavy atom. The third-order valence-corrected chi connectivity index (χ3v) is 3.88. The smallest absolute Gasteiger partial charge is 0.248 e. The second-order valence-corrected chi connectivity index (χ2v) is 5.79. The van der Waals surface area contributed by atoms with Gasteiger partial charge in [-0.1, -0.05) is 47.7 Å². The number of hydrogen-bond acceptors (Lipinski definition) is 4. The first kappa shape index (κ1) is 15.8. The zero-order valence-electron chi connectivity index (χ0n) is 13.8. The van der Waals surface area contributed by atoms with Gasteiger partial charge in [0.25, 0.3) is 0 Å². The molecule has 4 rings (SSSR count). The van der Waals surface area contributed by atoms with Crippen molar-refractivity contribution in [1.29, 1.82) is 0 Å². The monoisotopic (exact) mass is 344 g/mol. The molecule has 0 aliphatic heterocycles. The van der Waals surface area contributed by atoms with E-state index in [2.05, 4.69) is 25.8 Å². The lowest BCUT2D eigenvalue weighted by Gasteiger charge is -2.02. The SMILES string of the molecule is O=C(/C=C/c1cn(Cc2ccccc2)nn1)Nc1cccc2cn[nH]c12. The molecule has 26 heavy (non-hydrogen) atoms.